The molecule has 0 aromatic heterocycles. The Bertz CT molecular complexity index is 1040. The molecule has 5 nitrogen and oxygen atoms in total. The van der Waals surface area contributed by atoms with Crippen LogP contribution < -0.4 is 4.90 Å². The van der Waals surface area contributed by atoms with Crippen LogP contribution in [0, 0.1) is 17.6 Å². The van der Waals surface area contributed by atoms with Crippen LogP contribution in [0.2, 0.25) is 5.02 Å². The topological polar surface area (TPSA) is 77.8 Å². The first kappa shape index (κ1) is 20.8. The van der Waals surface area contributed by atoms with E-state index >= 15 is 0 Å². The Labute approximate surface area is 170 Å². The zero-order valence-electron chi connectivity index (χ0n) is 15.6. The number of aliphatic hydroxyl groups is 1. The molecule has 2 N–H and O–H groups in total. The number of benzene rings is 2. The fourth-order valence-electron chi connectivity index (χ4n) is 3.28. The average Bonchev–Trinajstić information content (AvgIpc) is 2.91. The quantitative estimate of drug-likeness (QED) is 0.724. The third-order valence-corrected chi connectivity index (χ3v) is 4.87. The van der Waals surface area contributed by atoms with E-state index in [4.69, 9.17) is 11.6 Å². The summed E-state index contributed by atoms with van der Waals surface area (Å²) in [5, 5.41) is 20.1. The van der Waals surface area contributed by atoms with Crippen molar-refractivity contribution in [2.45, 2.75) is 26.3 Å². The number of carbonyl (C=O) groups is 2. The third kappa shape index (κ3) is 3.82. The second-order valence-electron chi connectivity index (χ2n) is 7.17. The second-order valence-corrected chi connectivity index (χ2v) is 7.58. The van der Waals surface area contributed by atoms with Gasteiger partial charge in [-0.05, 0) is 35.7 Å². The first-order chi connectivity index (χ1) is 13.6. The SMILES string of the molecule is CC(C)CC(=O)C1=C(O)C(=O)N(c2ccc(F)c(F)c2)C1c1ccc(O)c(Cl)c1. The van der Waals surface area contributed by atoms with Gasteiger partial charge in [0.25, 0.3) is 5.91 Å². The molecular formula is C21H18ClF2NO4. The lowest BCUT2D eigenvalue weighted by molar-refractivity contribution is -0.118. The smallest absolute Gasteiger partial charge is 0.294 e. The largest absolute Gasteiger partial charge is 0.506 e. The maximum Gasteiger partial charge on any atom is 0.294 e. The van der Waals surface area contributed by atoms with Gasteiger partial charge in [0, 0.05) is 18.2 Å². The number of ketones is 1. The molecule has 0 spiro atoms. The Kier molecular flexibility index (Phi) is 5.61. The lowest BCUT2D eigenvalue weighted by Gasteiger charge is -2.27. The number of hydrogen-bond donors (Lipinski definition) is 2. The summed E-state index contributed by atoms with van der Waals surface area (Å²) < 4.78 is 27.2. The molecule has 29 heavy (non-hydrogen) atoms. The fourth-order valence-corrected chi connectivity index (χ4v) is 3.47. The number of rotatable bonds is 5. The summed E-state index contributed by atoms with van der Waals surface area (Å²) in [6.45, 7) is 3.62. The van der Waals surface area contributed by atoms with Gasteiger partial charge in [-0.1, -0.05) is 31.5 Å². The van der Waals surface area contributed by atoms with Crippen LogP contribution in [0.25, 0.3) is 0 Å². The second kappa shape index (κ2) is 7.83. The first-order valence-electron chi connectivity index (χ1n) is 8.85. The van der Waals surface area contributed by atoms with Gasteiger partial charge in [-0.3, -0.25) is 14.5 Å². The van der Waals surface area contributed by atoms with E-state index in [1.165, 1.54) is 24.3 Å². The Morgan fingerprint density at radius 1 is 1.14 bits per heavy atom. The maximum atomic E-state index is 13.8. The highest BCUT2D eigenvalue weighted by molar-refractivity contribution is 6.32. The molecule has 152 valence electrons. The fraction of sp³-hybridized carbons (Fsp3) is 0.238. The number of halogens is 3. The molecule has 1 heterocycles. The van der Waals surface area contributed by atoms with Gasteiger partial charge in [-0.15, -0.1) is 0 Å². The van der Waals surface area contributed by atoms with Crippen LogP contribution in [0.15, 0.2) is 47.7 Å². The Hall–Kier alpha value is -2.93. The summed E-state index contributed by atoms with van der Waals surface area (Å²) in [7, 11) is 0. The lowest BCUT2D eigenvalue weighted by atomic mass is 9.92. The van der Waals surface area contributed by atoms with Crippen LogP contribution >= 0.6 is 11.6 Å². The van der Waals surface area contributed by atoms with Crippen molar-refractivity contribution in [2.24, 2.45) is 5.92 Å². The molecule has 0 radical (unpaired) electrons. The van der Waals surface area contributed by atoms with Gasteiger partial charge in [0.15, 0.2) is 23.2 Å². The highest BCUT2D eigenvalue weighted by atomic mass is 35.5. The van der Waals surface area contributed by atoms with Crippen LogP contribution in [0.4, 0.5) is 14.5 Å². The molecule has 2 aromatic carbocycles. The van der Waals surface area contributed by atoms with Gasteiger partial charge in [-0.2, -0.15) is 0 Å². The molecule has 1 unspecified atom stereocenters. The zero-order valence-corrected chi connectivity index (χ0v) is 16.4. The van der Waals surface area contributed by atoms with Crippen LogP contribution in [0.1, 0.15) is 31.9 Å². The first-order valence-corrected chi connectivity index (χ1v) is 9.23. The van der Waals surface area contributed by atoms with Crippen molar-refractivity contribution in [1.29, 1.82) is 0 Å². The van der Waals surface area contributed by atoms with Crippen molar-refractivity contribution in [3.8, 4) is 5.75 Å². The highest BCUT2D eigenvalue weighted by Gasteiger charge is 2.44. The summed E-state index contributed by atoms with van der Waals surface area (Å²) in [5.41, 5.74) is 0.124. The molecule has 8 heteroatoms. The highest BCUT2D eigenvalue weighted by Crippen LogP contribution is 2.43. The minimum absolute atomic E-state index is 0.0257. The van der Waals surface area contributed by atoms with E-state index in [-0.39, 0.29) is 34.4 Å². The monoisotopic (exact) mass is 421 g/mol. The summed E-state index contributed by atoms with van der Waals surface area (Å²) in [4.78, 5) is 26.6. The van der Waals surface area contributed by atoms with Gasteiger partial charge in [0.1, 0.15) is 5.75 Å². The molecule has 0 saturated carbocycles. The van der Waals surface area contributed by atoms with E-state index in [0.29, 0.717) is 5.56 Å². The minimum Gasteiger partial charge on any atom is -0.506 e. The predicted octanol–water partition coefficient (Wildman–Crippen LogP) is 4.84. The molecule has 1 amide bonds. The molecule has 2 aromatic rings. The van der Waals surface area contributed by atoms with Crippen molar-refractivity contribution in [1.82, 2.24) is 0 Å². The van der Waals surface area contributed by atoms with Crippen molar-refractivity contribution in [3.63, 3.8) is 0 Å². The third-order valence-electron chi connectivity index (χ3n) is 4.57. The minimum atomic E-state index is -1.18. The Morgan fingerprint density at radius 3 is 2.41 bits per heavy atom. The number of anilines is 1. The van der Waals surface area contributed by atoms with Crippen molar-refractivity contribution in [3.05, 3.63) is 70.0 Å². The molecule has 1 atom stereocenters. The van der Waals surface area contributed by atoms with Crippen LogP contribution in [-0.4, -0.2) is 21.9 Å². The molecule has 0 bridgehead atoms. The molecule has 3 rings (SSSR count). The number of aromatic hydroxyl groups is 1. The van der Waals surface area contributed by atoms with E-state index in [1.54, 1.807) is 0 Å². The van der Waals surface area contributed by atoms with Gasteiger partial charge < -0.3 is 10.2 Å². The predicted molar refractivity (Wildman–Crippen MR) is 104 cm³/mol. The summed E-state index contributed by atoms with van der Waals surface area (Å²) >= 11 is 5.99. The van der Waals surface area contributed by atoms with Crippen molar-refractivity contribution >= 4 is 29.0 Å². The van der Waals surface area contributed by atoms with Crippen LogP contribution in [0.5, 0.6) is 5.75 Å². The number of phenols is 1. The van der Waals surface area contributed by atoms with E-state index in [1.807, 2.05) is 13.8 Å². The van der Waals surface area contributed by atoms with Crippen molar-refractivity contribution in [2.75, 3.05) is 4.90 Å². The van der Waals surface area contributed by atoms with E-state index in [2.05, 4.69) is 0 Å². The number of amides is 1. The maximum absolute atomic E-state index is 13.8. The molecule has 0 saturated heterocycles. The summed E-state index contributed by atoms with van der Waals surface area (Å²) in [6, 6.07) is 5.79. The number of carbonyl (C=O) groups excluding carboxylic acids is 2. The van der Waals surface area contributed by atoms with Gasteiger partial charge >= 0.3 is 0 Å². The molecule has 1 aliphatic heterocycles. The average molecular weight is 422 g/mol. The number of Topliss-reactive ketones (excluding diaryl/α,β-unsaturated/α-hetero) is 1. The molecular weight excluding hydrogens is 404 g/mol. The van der Waals surface area contributed by atoms with E-state index < -0.39 is 35.1 Å². The number of phenolic OH excluding ortho intramolecular Hbond substituents is 1. The standard InChI is InChI=1S/C21H18ClF2NO4/c1-10(2)7-17(27)18-19(11-3-6-16(26)13(22)8-11)25(21(29)20(18)28)12-4-5-14(23)15(24)9-12/h3-6,8-10,19,26,28H,7H2,1-2H3. The summed E-state index contributed by atoms with van der Waals surface area (Å²) in [5.74, 6) is -4.66. The van der Waals surface area contributed by atoms with E-state index in [9.17, 15) is 28.6 Å². The zero-order chi connectivity index (χ0) is 21.5. The summed E-state index contributed by atoms with van der Waals surface area (Å²) in [6.07, 6.45) is 0.0700. The Balaban J connectivity index is 2.19. The number of nitrogens with zero attached hydrogens (tertiary/aromatic N) is 1. The van der Waals surface area contributed by atoms with Crippen LogP contribution in [-0.2, 0) is 9.59 Å². The van der Waals surface area contributed by atoms with Gasteiger partial charge in [-0.25, -0.2) is 8.78 Å². The Morgan fingerprint density at radius 2 is 1.83 bits per heavy atom. The van der Waals surface area contributed by atoms with Crippen LogP contribution in [0.3, 0.4) is 0 Å². The number of hydrogen-bond acceptors (Lipinski definition) is 4. The van der Waals surface area contributed by atoms with E-state index in [0.717, 1.165) is 17.0 Å². The molecule has 0 aliphatic carbocycles. The van der Waals surface area contributed by atoms with Gasteiger partial charge in [0.05, 0.1) is 16.6 Å². The van der Waals surface area contributed by atoms with Gasteiger partial charge in [0.2, 0.25) is 0 Å². The lowest BCUT2D eigenvalue weighted by Crippen LogP contribution is -2.31. The molecule has 0 fully saturated rings. The number of aliphatic hydroxyl groups excluding tert-OH is 1. The normalized spacial score (nSPS) is 16.8. The van der Waals surface area contributed by atoms with Crippen molar-refractivity contribution < 1.29 is 28.6 Å². The molecule has 1 aliphatic rings.